The van der Waals surface area contributed by atoms with Gasteiger partial charge in [-0.15, -0.1) is 0 Å². The zero-order valence-electron chi connectivity index (χ0n) is 16.1. The molecule has 0 bridgehead atoms. The number of carbonyl (C=O) groups excluding carboxylic acids is 1. The summed E-state index contributed by atoms with van der Waals surface area (Å²) < 4.78 is 27.0. The first kappa shape index (κ1) is 20.3. The van der Waals surface area contributed by atoms with Gasteiger partial charge in [0.2, 0.25) is 15.9 Å². The minimum atomic E-state index is -3.45. The molecule has 1 saturated carbocycles. The lowest BCUT2D eigenvalue weighted by Gasteiger charge is -2.37. The molecule has 0 radical (unpaired) electrons. The molecule has 1 aromatic rings. The van der Waals surface area contributed by atoms with Crippen molar-refractivity contribution < 1.29 is 13.2 Å². The fourth-order valence-corrected chi connectivity index (χ4v) is 5.43. The smallest absolute Gasteiger partial charge is 0.243 e. The van der Waals surface area contributed by atoms with Crippen molar-refractivity contribution in [3.05, 3.63) is 30.3 Å². The highest BCUT2D eigenvalue weighted by Crippen LogP contribution is 2.19. The zero-order valence-corrected chi connectivity index (χ0v) is 17.0. The lowest BCUT2D eigenvalue weighted by molar-refractivity contribution is -0.127. The molecule has 6 nitrogen and oxygen atoms in total. The monoisotopic (exact) mass is 393 g/mol. The van der Waals surface area contributed by atoms with Gasteiger partial charge in [-0.2, -0.15) is 4.31 Å². The topological polar surface area (TPSA) is 69.7 Å². The molecule has 1 aliphatic carbocycles. The number of rotatable bonds is 5. The molecule has 2 fully saturated rings. The van der Waals surface area contributed by atoms with Crippen molar-refractivity contribution >= 4 is 15.9 Å². The highest BCUT2D eigenvalue weighted by atomic mass is 32.2. The first-order valence-corrected chi connectivity index (χ1v) is 11.5. The summed E-state index contributed by atoms with van der Waals surface area (Å²) in [5.41, 5.74) is 0. The van der Waals surface area contributed by atoms with Gasteiger partial charge in [-0.05, 0) is 31.9 Å². The fraction of sp³-hybridized carbons (Fsp3) is 0.650. The maximum atomic E-state index is 12.7. The predicted octanol–water partition coefficient (Wildman–Crippen LogP) is 2.22. The van der Waals surface area contributed by atoms with Gasteiger partial charge >= 0.3 is 0 Å². The number of benzene rings is 1. The van der Waals surface area contributed by atoms with Crippen LogP contribution in [0.3, 0.4) is 0 Å². The Morgan fingerprint density at radius 1 is 1.00 bits per heavy atom. The molecular weight excluding hydrogens is 362 g/mol. The molecule has 3 rings (SSSR count). The summed E-state index contributed by atoms with van der Waals surface area (Å²) >= 11 is 0. The molecule has 1 aromatic carbocycles. The van der Waals surface area contributed by atoms with Gasteiger partial charge in [0.05, 0.1) is 10.9 Å². The average molecular weight is 394 g/mol. The molecule has 1 N–H and O–H groups in total. The average Bonchev–Trinajstić information content (AvgIpc) is 2.97. The van der Waals surface area contributed by atoms with Gasteiger partial charge in [-0.1, -0.05) is 43.9 Å². The van der Waals surface area contributed by atoms with E-state index in [1.807, 2.05) is 13.0 Å². The van der Waals surface area contributed by atoms with E-state index < -0.39 is 10.0 Å². The molecular formula is C20H31N3O3S. The van der Waals surface area contributed by atoms with Gasteiger partial charge < -0.3 is 5.32 Å². The van der Waals surface area contributed by atoms with E-state index in [1.165, 1.54) is 30.0 Å². The largest absolute Gasteiger partial charge is 0.352 e. The highest BCUT2D eigenvalue weighted by molar-refractivity contribution is 7.89. The quantitative estimate of drug-likeness (QED) is 0.779. The zero-order chi connectivity index (χ0) is 19.3. The predicted molar refractivity (Wildman–Crippen MR) is 106 cm³/mol. The Hall–Kier alpha value is -1.44. The van der Waals surface area contributed by atoms with Crippen LogP contribution in [0.5, 0.6) is 0 Å². The summed E-state index contributed by atoms with van der Waals surface area (Å²) in [6.45, 7) is 3.90. The minimum absolute atomic E-state index is 0.0706. The van der Waals surface area contributed by atoms with Gasteiger partial charge in [-0.25, -0.2) is 8.42 Å². The number of amides is 1. The van der Waals surface area contributed by atoms with Crippen LogP contribution in [0.4, 0.5) is 0 Å². The number of nitrogens with zero attached hydrogens (tertiary/aromatic N) is 2. The van der Waals surface area contributed by atoms with Crippen LogP contribution >= 0.6 is 0 Å². The van der Waals surface area contributed by atoms with E-state index in [1.54, 1.807) is 24.3 Å². The molecule has 7 heteroatoms. The Morgan fingerprint density at radius 2 is 1.59 bits per heavy atom. The molecule has 150 valence electrons. The van der Waals surface area contributed by atoms with Gasteiger partial charge in [0.25, 0.3) is 0 Å². The van der Waals surface area contributed by atoms with Gasteiger partial charge in [0, 0.05) is 32.2 Å². The Labute approximate surface area is 163 Å². The van der Waals surface area contributed by atoms with Crippen LogP contribution < -0.4 is 5.32 Å². The number of hydrogen-bond acceptors (Lipinski definition) is 4. The second-order valence-corrected chi connectivity index (χ2v) is 9.56. The summed E-state index contributed by atoms with van der Waals surface area (Å²) in [5.74, 6) is 0.0706. The second kappa shape index (κ2) is 9.17. The molecule has 1 amide bonds. The Morgan fingerprint density at radius 3 is 2.19 bits per heavy atom. The Bertz CT molecular complexity index is 707. The van der Waals surface area contributed by atoms with Crippen LogP contribution in [0.25, 0.3) is 0 Å². The second-order valence-electron chi connectivity index (χ2n) is 7.63. The normalized spacial score (nSPS) is 22.1. The van der Waals surface area contributed by atoms with E-state index in [0.717, 1.165) is 12.8 Å². The van der Waals surface area contributed by atoms with E-state index in [-0.39, 0.29) is 11.9 Å². The standard InChI is InChI=1S/C20H31N3O3S/c1-17(20(24)21-18-9-5-2-3-6-10-18)22-13-15-23(16-14-22)27(25,26)19-11-7-4-8-12-19/h4,7-8,11-12,17-18H,2-3,5-6,9-10,13-16H2,1H3,(H,21,24). The number of piperazine rings is 1. The summed E-state index contributed by atoms with van der Waals surface area (Å²) in [5, 5.41) is 3.21. The third-order valence-corrected chi connectivity index (χ3v) is 7.70. The van der Waals surface area contributed by atoms with E-state index in [2.05, 4.69) is 10.2 Å². The van der Waals surface area contributed by atoms with Gasteiger partial charge in [0.15, 0.2) is 0 Å². The molecule has 0 spiro atoms. The van der Waals surface area contributed by atoms with Crippen molar-refractivity contribution in [3.8, 4) is 0 Å². The molecule has 0 aromatic heterocycles. The maximum absolute atomic E-state index is 12.7. The van der Waals surface area contributed by atoms with Gasteiger partial charge in [-0.3, -0.25) is 9.69 Å². The van der Waals surface area contributed by atoms with E-state index in [0.29, 0.717) is 37.1 Å². The van der Waals surface area contributed by atoms with Crippen molar-refractivity contribution in [1.82, 2.24) is 14.5 Å². The lowest BCUT2D eigenvalue weighted by Crippen LogP contribution is -2.55. The van der Waals surface area contributed by atoms with Crippen LogP contribution in [-0.4, -0.2) is 61.8 Å². The number of carbonyl (C=O) groups is 1. The van der Waals surface area contributed by atoms with Crippen LogP contribution in [0.1, 0.15) is 45.4 Å². The number of sulfonamides is 1. The Balaban J connectivity index is 1.53. The third kappa shape index (κ3) is 5.09. The van der Waals surface area contributed by atoms with E-state index >= 15 is 0 Å². The molecule has 1 unspecified atom stereocenters. The molecule has 1 saturated heterocycles. The van der Waals surface area contributed by atoms with Crippen LogP contribution in [0.2, 0.25) is 0 Å². The summed E-state index contributed by atoms with van der Waals surface area (Å²) in [6.07, 6.45) is 7.05. The van der Waals surface area contributed by atoms with Crippen molar-refractivity contribution in [1.29, 1.82) is 0 Å². The summed E-state index contributed by atoms with van der Waals surface area (Å²) in [6, 6.07) is 8.61. The molecule has 1 heterocycles. The number of nitrogens with one attached hydrogen (secondary N) is 1. The van der Waals surface area contributed by atoms with Crippen molar-refractivity contribution in [3.63, 3.8) is 0 Å². The molecule has 1 aliphatic heterocycles. The summed E-state index contributed by atoms with van der Waals surface area (Å²) in [7, 11) is -3.45. The highest BCUT2D eigenvalue weighted by Gasteiger charge is 2.32. The molecule has 2 aliphatic rings. The SMILES string of the molecule is CC(C(=O)NC1CCCCCC1)N1CCN(S(=O)(=O)c2ccccc2)CC1. The molecule has 1 atom stereocenters. The van der Waals surface area contributed by atoms with E-state index in [9.17, 15) is 13.2 Å². The van der Waals surface area contributed by atoms with Crippen LogP contribution in [-0.2, 0) is 14.8 Å². The first-order chi connectivity index (χ1) is 13.0. The minimum Gasteiger partial charge on any atom is -0.352 e. The van der Waals surface area contributed by atoms with Crippen molar-refractivity contribution in [2.75, 3.05) is 26.2 Å². The third-order valence-electron chi connectivity index (χ3n) is 5.78. The fourth-order valence-electron chi connectivity index (χ4n) is 3.98. The maximum Gasteiger partial charge on any atom is 0.243 e. The van der Waals surface area contributed by atoms with Gasteiger partial charge in [0.1, 0.15) is 0 Å². The van der Waals surface area contributed by atoms with Crippen molar-refractivity contribution in [2.24, 2.45) is 0 Å². The lowest BCUT2D eigenvalue weighted by atomic mass is 10.1. The summed E-state index contributed by atoms with van der Waals surface area (Å²) in [4.78, 5) is 15.1. The number of hydrogen-bond donors (Lipinski definition) is 1. The molecule has 27 heavy (non-hydrogen) atoms. The van der Waals surface area contributed by atoms with E-state index in [4.69, 9.17) is 0 Å². The van der Waals surface area contributed by atoms with Crippen molar-refractivity contribution in [2.45, 2.75) is 62.4 Å². The first-order valence-electron chi connectivity index (χ1n) is 10.1. The van der Waals surface area contributed by atoms with Crippen LogP contribution in [0, 0.1) is 0 Å². The van der Waals surface area contributed by atoms with Crippen LogP contribution in [0.15, 0.2) is 35.2 Å². The Kier molecular flexibility index (Phi) is 6.89.